The SMILES string of the molecule is CCCCCCCCCCCCCCCCCC(=O)[O-].OC[C@H]1O[C@@](CO)(O[C@H]2O[C@H](CO)[C@@H](O)[C@H](O)[C@H]2O)[C@@H](O)[C@@H]1O.[Na+]. The molecule has 0 radical (unpaired) electrons. The molecule has 0 spiro atoms. The van der Waals surface area contributed by atoms with Gasteiger partial charge in [0, 0.05) is 5.97 Å². The Balaban J connectivity index is 0.000000832. The fourth-order valence-corrected chi connectivity index (χ4v) is 5.27. The molecule has 0 aromatic heterocycles. The molecule has 0 saturated carbocycles. The maximum absolute atomic E-state index is 10.2. The molecule has 256 valence electrons. The monoisotopic (exact) mass is 648 g/mol. The number of ether oxygens (including phenoxy) is 3. The van der Waals surface area contributed by atoms with Gasteiger partial charge in [0.1, 0.15) is 49.3 Å². The van der Waals surface area contributed by atoms with Gasteiger partial charge in [-0.1, -0.05) is 96.8 Å². The molecule has 2 fully saturated rings. The zero-order chi connectivity index (χ0) is 32.3. The minimum Gasteiger partial charge on any atom is -0.550 e. The Morgan fingerprint density at radius 2 is 1.14 bits per heavy atom. The number of aliphatic carboxylic acids is 1. The standard InChI is InChI=1S/C18H36O2.C12H22O11.Na/c1-2-3-4-5-6-7-8-9-10-11-12-13-14-15-16-17-18(19)20;13-1-4-6(16)8(18)9(19)11(21-4)23-12(3-15)10(20)7(17)5(2-14)22-12;/h2-17H2,1H3,(H,19,20);4-11,13-20H,1-3H2;/q;;+1/p-1/t;4-,5-,6-,7-,8+,9-,10+,11-,12+;/m.1./s1. The smallest absolute Gasteiger partial charge is 0.550 e. The summed E-state index contributed by atoms with van der Waals surface area (Å²) in [6.45, 7) is -0.0552. The molecule has 2 aliphatic heterocycles. The van der Waals surface area contributed by atoms with E-state index < -0.39 is 80.6 Å². The van der Waals surface area contributed by atoms with Crippen LogP contribution in [0.15, 0.2) is 0 Å². The van der Waals surface area contributed by atoms with Crippen molar-refractivity contribution in [1.82, 2.24) is 0 Å². The number of aliphatic hydroxyl groups excluding tert-OH is 8. The molecule has 9 atom stereocenters. The number of carbonyl (C=O) groups is 1. The van der Waals surface area contributed by atoms with Gasteiger partial charge in [-0.3, -0.25) is 0 Å². The molecule has 0 bridgehead atoms. The Hall–Kier alpha value is 0.0300. The molecule has 0 amide bonds. The summed E-state index contributed by atoms with van der Waals surface area (Å²) in [4.78, 5) is 10.2. The third-order valence-corrected chi connectivity index (χ3v) is 8.05. The van der Waals surface area contributed by atoms with Gasteiger partial charge in [0.05, 0.1) is 13.2 Å². The number of rotatable bonds is 21. The molecule has 44 heavy (non-hydrogen) atoms. The van der Waals surface area contributed by atoms with Crippen molar-refractivity contribution in [2.75, 3.05) is 19.8 Å². The van der Waals surface area contributed by atoms with Gasteiger partial charge in [-0.15, -0.1) is 0 Å². The largest absolute Gasteiger partial charge is 1.00 e. The first-order valence-corrected chi connectivity index (χ1v) is 16.0. The normalized spacial score (nSPS) is 31.7. The number of carboxylic acid groups (broad SMARTS) is 1. The Morgan fingerprint density at radius 3 is 1.52 bits per heavy atom. The van der Waals surface area contributed by atoms with Crippen LogP contribution in [0.1, 0.15) is 110 Å². The predicted molar refractivity (Wildman–Crippen MR) is 153 cm³/mol. The van der Waals surface area contributed by atoms with Crippen molar-refractivity contribution in [3.05, 3.63) is 0 Å². The van der Waals surface area contributed by atoms with Gasteiger partial charge in [-0.2, -0.15) is 0 Å². The Labute approximate surface area is 283 Å². The van der Waals surface area contributed by atoms with Gasteiger partial charge >= 0.3 is 29.6 Å². The van der Waals surface area contributed by atoms with E-state index in [2.05, 4.69) is 6.92 Å². The van der Waals surface area contributed by atoms with Gasteiger partial charge in [0.15, 0.2) is 6.29 Å². The predicted octanol–water partition coefficient (Wildman–Crippen LogP) is -3.39. The van der Waals surface area contributed by atoms with E-state index in [9.17, 15) is 40.5 Å². The first-order chi connectivity index (χ1) is 20.6. The van der Waals surface area contributed by atoms with E-state index in [0.717, 1.165) is 12.8 Å². The third-order valence-electron chi connectivity index (χ3n) is 8.05. The molecule has 2 heterocycles. The third kappa shape index (κ3) is 15.3. The van der Waals surface area contributed by atoms with E-state index in [-0.39, 0.29) is 36.0 Å². The average molecular weight is 649 g/mol. The quantitative estimate of drug-likeness (QED) is 0.0449. The van der Waals surface area contributed by atoms with Crippen molar-refractivity contribution in [2.24, 2.45) is 0 Å². The summed E-state index contributed by atoms with van der Waals surface area (Å²) in [5.41, 5.74) is 0. The topological polar surface area (TPSA) is 230 Å². The second-order valence-corrected chi connectivity index (χ2v) is 11.6. The maximum Gasteiger partial charge on any atom is 1.00 e. The minimum absolute atomic E-state index is 0. The maximum atomic E-state index is 10.2. The number of aliphatic hydroxyl groups is 8. The van der Waals surface area contributed by atoms with Gasteiger partial charge < -0.3 is 65.0 Å². The molecule has 0 unspecified atom stereocenters. The van der Waals surface area contributed by atoms with Crippen molar-refractivity contribution in [2.45, 2.75) is 164 Å². The molecular weight excluding hydrogens is 591 g/mol. The molecule has 8 N–H and O–H groups in total. The molecule has 2 rings (SSSR count). The van der Waals surface area contributed by atoms with Crippen LogP contribution >= 0.6 is 0 Å². The molecular formula is C30H57NaO13. The number of carbonyl (C=O) groups excluding carboxylic acids is 1. The van der Waals surface area contributed by atoms with Crippen molar-refractivity contribution in [1.29, 1.82) is 0 Å². The van der Waals surface area contributed by atoms with Crippen LogP contribution in [0.3, 0.4) is 0 Å². The van der Waals surface area contributed by atoms with Crippen LogP contribution in [0.25, 0.3) is 0 Å². The first-order valence-electron chi connectivity index (χ1n) is 16.0. The van der Waals surface area contributed by atoms with E-state index in [1.54, 1.807) is 0 Å². The summed E-state index contributed by atoms with van der Waals surface area (Å²) < 4.78 is 15.4. The van der Waals surface area contributed by atoms with Gasteiger partial charge in [0.25, 0.3) is 0 Å². The molecule has 0 aliphatic carbocycles. The van der Waals surface area contributed by atoms with Crippen LogP contribution in [0.5, 0.6) is 0 Å². The first kappa shape index (κ1) is 44.0. The summed E-state index contributed by atoms with van der Waals surface area (Å²) in [5.74, 6) is -3.12. The Kier molecular flexibility index (Phi) is 25.1. The number of hydrogen-bond donors (Lipinski definition) is 8. The van der Waals surface area contributed by atoms with Gasteiger partial charge in [-0.05, 0) is 12.8 Å². The van der Waals surface area contributed by atoms with Crippen molar-refractivity contribution >= 4 is 5.97 Å². The van der Waals surface area contributed by atoms with Gasteiger partial charge in [-0.25, -0.2) is 0 Å². The summed E-state index contributed by atoms with van der Waals surface area (Å²) in [6.07, 6.45) is 7.21. The molecule has 13 nitrogen and oxygen atoms in total. The zero-order valence-corrected chi connectivity index (χ0v) is 28.7. The molecule has 0 aromatic carbocycles. The Morgan fingerprint density at radius 1 is 0.682 bits per heavy atom. The van der Waals surface area contributed by atoms with Crippen LogP contribution in [0.2, 0.25) is 0 Å². The van der Waals surface area contributed by atoms with E-state index in [0.29, 0.717) is 0 Å². The van der Waals surface area contributed by atoms with E-state index in [1.165, 1.54) is 83.5 Å². The van der Waals surface area contributed by atoms with Crippen molar-refractivity contribution < 1.29 is 94.5 Å². The van der Waals surface area contributed by atoms with Gasteiger partial charge in [0.2, 0.25) is 5.79 Å². The summed E-state index contributed by atoms with van der Waals surface area (Å²) in [5, 5.41) is 86.9. The van der Waals surface area contributed by atoms with Crippen LogP contribution in [0, 0.1) is 0 Å². The summed E-state index contributed by atoms with van der Waals surface area (Å²) >= 11 is 0. The second kappa shape index (κ2) is 25.1. The summed E-state index contributed by atoms with van der Waals surface area (Å²) in [7, 11) is 0. The van der Waals surface area contributed by atoms with E-state index in [4.69, 9.17) is 24.4 Å². The molecule has 2 aliphatic rings. The van der Waals surface area contributed by atoms with Crippen molar-refractivity contribution in [3.8, 4) is 0 Å². The van der Waals surface area contributed by atoms with Crippen LogP contribution in [-0.4, -0.2) is 121 Å². The fourth-order valence-electron chi connectivity index (χ4n) is 5.27. The van der Waals surface area contributed by atoms with Crippen molar-refractivity contribution in [3.63, 3.8) is 0 Å². The zero-order valence-electron chi connectivity index (χ0n) is 26.7. The van der Waals surface area contributed by atoms with Crippen LogP contribution in [-0.2, 0) is 19.0 Å². The number of unbranched alkanes of at least 4 members (excludes halogenated alkanes) is 14. The fraction of sp³-hybridized carbons (Fsp3) is 0.967. The second-order valence-electron chi connectivity index (χ2n) is 11.6. The summed E-state index contributed by atoms with van der Waals surface area (Å²) in [6, 6.07) is 0. The van der Waals surface area contributed by atoms with E-state index >= 15 is 0 Å². The van der Waals surface area contributed by atoms with Crippen LogP contribution < -0.4 is 34.7 Å². The Bertz CT molecular complexity index is 718. The average Bonchev–Trinajstić information content (AvgIpc) is 3.24. The van der Waals surface area contributed by atoms with Crippen LogP contribution in [0.4, 0.5) is 0 Å². The number of carboxylic acids is 1. The minimum atomic E-state index is -2.22. The number of hydrogen-bond acceptors (Lipinski definition) is 13. The molecule has 2 saturated heterocycles. The molecule has 0 aromatic rings. The van der Waals surface area contributed by atoms with E-state index in [1.807, 2.05) is 0 Å². The molecule has 14 heteroatoms.